The fourth-order valence-electron chi connectivity index (χ4n) is 2.55. The molecule has 0 saturated heterocycles. The number of aliphatic hydroxyl groups is 1. The van der Waals surface area contributed by atoms with Crippen LogP contribution in [0.1, 0.15) is 31.2 Å². The molecule has 1 aromatic rings. The second-order valence-electron chi connectivity index (χ2n) is 4.85. The Kier molecular flexibility index (Phi) is 4.54. The van der Waals surface area contributed by atoms with Crippen LogP contribution in [0.3, 0.4) is 0 Å². The third-order valence-corrected chi connectivity index (χ3v) is 3.89. The van der Waals surface area contributed by atoms with Gasteiger partial charge < -0.3 is 5.11 Å². The van der Waals surface area contributed by atoms with E-state index in [1.54, 1.807) is 6.20 Å². The second-order valence-corrected chi connectivity index (χ2v) is 5.76. The summed E-state index contributed by atoms with van der Waals surface area (Å²) in [6.07, 6.45) is 7.92. The van der Waals surface area contributed by atoms with Crippen molar-refractivity contribution in [3.05, 3.63) is 28.5 Å². The van der Waals surface area contributed by atoms with E-state index in [-0.39, 0.29) is 6.10 Å². The fraction of sp³-hybridized carbons (Fsp3) is 0.615. The summed E-state index contributed by atoms with van der Waals surface area (Å²) in [5.74, 6) is 0. The van der Waals surface area contributed by atoms with Crippen molar-refractivity contribution in [2.24, 2.45) is 0 Å². The summed E-state index contributed by atoms with van der Waals surface area (Å²) in [6, 6.07) is 2.38. The molecular formula is C13H19BrN2O. The van der Waals surface area contributed by atoms with Gasteiger partial charge in [-0.25, -0.2) is 0 Å². The number of aromatic nitrogens is 1. The first-order valence-corrected chi connectivity index (χ1v) is 6.94. The molecule has 0 spiro atoms. The van der Waals surface area contributed by atoms with E-state index >= 15 is 0 Å². The van der Waals surface area contributed by atoms with E-state index in [1.165, 1.54) is 12.0 Å². The zero-order valence-electron chi connectivity index (χ0n) is 10.1. The van der Waals surface area contributed by atoms with Crippen molar-refractivity contribution in [1.82, 2.24) is 9.88 Å². The summed E-state index contributed by atoms with van der Waals surface area (Å²) in [6.45, 7) is 0.841. The van der Waals surface area contributed by atoms with E-state index in [0.717, 1.165) is 30.3 Å². The van der Waals surface area contributed by atoms with Crippen LogP contribution in [0.5, 0.6) is 0 Å². The summed E-state index contributed by atoms with van der Waals surface area (Å²) in [4.78, 5) is 6.41. The molecule has 1 heterocycles. The lowest BCUT2D eigenvalue weighted by Gasteiger charge is -2.35. The van der Waals surface area contributed by atoms with Crippen LogP contribution >= 0.6 is 15.9 Å². The molecule has 0 aliphatic heterocycles. The number of hydrogen-bond donors (Lipinski definition) is 1. The van der Waals surface area contributed by atoms with Crippen LogP contribution in [0.4, 0.5) is 0 Å². The van der Waals surface area contributed by atoms with Gasteiger partial charge in [-0.3, -0.25) is 9.88 Å². The number of aliphatic hydroxyl groups excluding tert-OH is 1. The average Bonchev–Trinajstić information content (AvgIpc) is 2.29. The highest BCUT2D eigenvalue weighted by Crippen LogP contribution is 2.23. The Morgan fingerprint density at radius 2 is 2.18 bits per heavy atom. The normalized spacial score (nSPS) is 25.2. The molecule has 4 heteroatoms. The van der Waals surface area contributed by atoms with Gasteiger partial charge in [-0.15, -0.1) is 0 Å². The van der Waals surface area contributed by atoms with Crippen molar-refractivity contribution in [2.45, 2.75) is 44.4 Å². The molecule has 2 atom stereocenters. The van der Waals surface area contributed by atoms with Gasteiger partial charge in [-0.05, 0) is 47.4 Å². The Morgan fingerprint density at radius 1 is 1.41 bits per heavy atom. The van der Waals surface area contributed by atoms with Gasteiger partial charge in [0, 0.05) is 29.5 Å². The number of halogens is 1. The van der Waals surface area contributed by atoms with Crippen LogP contribution in [0.2, 0.25) is 0 Å². The Balaban J connectivity index is 1.98. The molecule has 0 radical (unpaired) electrons. The van der Waals surface area contributed by atoms with Crippen molar-refractivity contribution in [2.75, 3.05) is 7.05 Å². The van der Waals surface area contributed by atoms with E-state index in [1.807, 2.05) is 6.20 Å². The molecule has 3 nitrogen and oxygen atoms in total. The Morgan fingerprint density at radius 3 is 2.88 bits per heavy atom. The molecule has 94 valence electrons. The highest BCUT2D eigenvalue weighted by molar-refractivity contribution is 9.10. The van der Waals surface area contributed by atoms with Gasteiger partial charge in [-0.2, -0.15) is 0 Å². The van der Waals surface area contributed by atoms with Crippen molar-refractivity contribution in [3.63, 3.8) is 0 Å². The summed E-state index contributed by atoms with van der Waals surface area (Å²) in [5, 5.41) is 10.0. The molecule has 2 unspecified atom stereocenters. The van der Waals surface area contributed by atoms with Gasteiger partial charge in [0.05, 0.1) is 6.10 Å². The third kappa shape index (κ3) is 3.50. The highest BCUT2D eigenvalue weighted by Gasteiger charge is 2.26. The Bertz CT molecular complexity index is 372. The van der Waals surface area contributed by atoms with Crippen molar-refractivity contribution < 1.29 is 5.11 Å². The van der Waals surface area contributed by atoms with Crippen molar-refractivity contribution in [1.29, 1.82) is 0 Å². The van der Waals surface area contributed by atoms with Crippen LogP contribution in [0, 0.1) is 0 Å². The minimum atomic E-state index is -0.172. The molecule has 1 N–H and O–H groups in total. The molecule has 1 aliphatic carbocycles. The first-order chi connectivity index (χ1) is 8.16. The zero-order chi connectivity index (χ0) is 12.3. The molecule has 1 fully saturated rings. The largest absolute Gasteiger partial charge is 0.391 e. The van der Waals surface area contributed by atoms with Crippen LogP contribution in [-0.2, 0) is 6.54 Å². The number of hydrogen-bond acceptors (Lipinski definition) is 3. The van der Waals surface area contributed by atoms with Gasteiger partial charge in [-0.1, -0.05) is 12.8 Å². The lowest BCUT2D eigenvalue weighted by Crippen LogP contribution is -2.42. The molecule has 17 heavy (non-hydrogen) atoms. The maximum absolute atomic E-state index is 10.0. The van der Waals surface area contributed by atoms with E-state index in [2.05, 4.69) is 38.9 Å². The average molecular weight is 299 g/mol. The number of pyridine rings is 1. The first-order valence-electron chi connectivity index (χ1n) is 6.14. The monoisotopic (exact) mass is 298 g/mol. The topological polar surface area (TPSA) is 36.4 Å². The summed E-state index contributed by atoms with van der Waals surface area (Å²) >= 11 is 3.43. The van der Waals surface area contributed by atoms with E-state index in [0.29, 0.717) is 6.04 Å². The van der Waals surface area contributed by atoms with Crippen LogP contribution in [0.15, 0.2) is 22.9 Å². The van der Waals surface area contributed by atoms with Crippen LogP contribution in [-0.4, -0.2) is 34.2 Å². The van der Waals surface area contributed by atoms with Gasteiger partial charge in [0.25, 0.3) is 0 Å². The summed E-state index contributed by atoms with van der Waals surface area (Å²) in [5.41, 5.74) is 1.18. The van der Waals surface area contributed by atoms with E-state index in [4.69, 9.17) is 0 Å². The quantitative estimate of drug-likeness (QED) is 0.932. The predicted octanol–water partition coefficient (Wildman–Crippen LogP) is 2.58. The standard InChI is InChI=1S/C13H19BrN2O/c1-16(12-4-2-3-5-13(12)17)9-10-6-11(14)8-15-7-10/h6-8,12-13,17H,2-5,9H2,1H3. The lowest BCUT2D eigenvalue weighted by molar-refractivity contribution is 0.0288. The molecule has 1 saturated carbocycles. The molecule has 1 aliphatic rings. The SMILES string of the molecule is CN(Cc1cncc(Br)c1)C1CCCCC1O. The van der Waals surface area contributed by atoms with Crippen molar-refractivity contribution >= 4 is 15.9 Å². The van der Waals surface area contributed by atoms with Crippen LogP contribution < -0.4 is 0 Å². The van der Waals surface area contributed by atoms with Crippen molar-refractivity contribution in [3.8, 4) is 0 Å². The molecule has 0 amide bonds. The fourth-order valence-corrected chi connectivity index (χ4v) is 2.97. The highest BCUT2D eigenvalue weighted by atomic mass is 79.9. The van der Waals surface area contributed by atoms with Gasteiger partial charge >= 0.3 is 0 Å². The van der Waals surface area contributed by atoms with Gasteiger partial charge in [0.1, 0.15) is 0 Å². The predicted molar refractivity (Wildman–Crippen MR) is 71.7 cm³/mol. The van der Waals surface area contributed by atoms with Gasteiger partial charge in [0.15, 0.2) is 0 Å². The lowest BCUT2D eigenvalue weighted by atomic mass is 9.91. The zero-order valence-corrected chi connectivity index (χ0v) is 11.7. The maximum Gasteiger partial charge on any atom is 0.0695 e. The minimum absolute atomic E-state index is 0.172. The van der Waals surface area contributed by atoms with Crippen LogP contribution in [0.25, 0.3) is 0 Å². The van der Waals surface area contributed by atoms with E-state index < -0.39 is 0 Å². The third-order valence-electron chi connectivity index (χ3n) is 3.45. The smallest absolute Gasteiger partial charge is 0.0695 e. The summed E-state index contributed by atoms with van der Waals surface area (Å²) in [7, 11) is 2.08. The van der Waals surface area contributed by atoms with Gasteiger partial charge in [0.2, 0.25) is 0 Å². The molecular weight excluding hydrogens is 280 g/mol. The second kappa shape index (κ2) is 5.94. The minimum Gasteiger partial charge on any atom is -0.391 e. The molecule has 1 aromatic heterocycles. The molecule has 2 rings (SSSR count). The Hall–Kier alpha value is -0.450. The maximum atomic E-state index is 10.0. The number of rotatable bonds is 3. The summed E-state index contributed by atoms with van der Waals surface area (Å²) < 4.78 is 1.01. The Labute approximate surface area is 111 Å². The first kappa shape index (κ1) is 13.0. The number of nitrogens with zero attached hydrogens (tertiary/aromatic N) is 2. The van der Waals surface area contributed by atoms with E-state index in [9.17, 15) is 5.11 Å². The number of likely N-dealkylation sites (N-methyl/N-ethyl adjacent to an activating group) is 1. The molecule has 0 bridgehead atoms. The molecule has 0 aromatic carbocycles.